The fraction of sp³-hybridized carbons (Fsp3) is 0.250. The Hall–Kier alpha value is -1.53. The first kappa shape index (κ1) is 12.9. The molecule has 0 aliphatic carbocycles. The summed E-state index contributed by atoms with van der Waals surface area (Å²) in [4.78, 5) is 10.8. The lowest BCUT2D eigenvalue weighted by Crippen LogP contribution is -2.32. The van der Waals surface area contributed by atoms with Crippen molar-refractivity contribution in [3.8, 4) is 0 Å². The molecule has 0 saturated heterocycles. The maximum Gasteiger partial charge on any atom is 0.320 e. The fourth-order valence-corrected chi connectivity index (χ4v) is 2.49. The molecule has 1 aromatic carbocycles. The Bertz CT molecular complexity index is 594. The number of hydrogen-bond donors (Lipinski definition) is 3. The highest BCUT2D eigenvalue weighted by Crippen LogP contribution is 2.26. The van der Waals surface area contributed by atoms with Gasteiger partial charge < -0.3 is 16.0 Å². The van der Waals surface area contributed by atoms with Gasteiger partial charge in [-0.3, -0.25) is 4.79 Å². The topological polar surface area (TPSA) is 88.5 Å². The molecule has 2 aromatic rings. The van der Waals surface area contributed by atoms with Gasteiger partial charge in [0.25, 0.3) is 0 Å². The van der Waals surface area contributed by atoms with E-state index >= 15 is 0 Å². The van der Waals surface area contributed by atoms with E-state index in [2.05, 4.69) is 15.9 Å². The van der Waals surface area contributed by atoms with Gasteiger partial charge in [0, 0.05) is 23.3 Å². The molecule has 2 rings (SSSR count). The molecular weight excluding hydrogens is 300 g/mol. The minimum atomic E-state index is -1.05. The molecule has 0 radical (unpaired) electrons. The monoisotopic (exact) mass is 312 g/mol. The first-order chi connectivity index (χ1) is 8.54. The zero-order valence-electron chi connectivity index (χ0n) is 9.51. The third kappa shape index (κ3) is 2.21. The number of carboxylic acids is 1. The van der Waals surface area contributed by atoms with Gasteiger partial charge in [0.15, 0.2) is 0 Å². The number of nitrogens with zero attached hydrogens (tertiary/aromatic N) is 1. The number of aromatic nitrogens is 1. The van der Waals surface area contributed by atoms with E-state index in [1.165, 1.54) is 6.20 Å². The van der Waals surface area contributed by atoms with Crippen LogP contribution in [0.4, 0.5) is 0 Å². The van der Waals surface area contributed by atoms with Crippen molar-refractivity contribution in [2.24, 2.45) is 5.73 Å². The molecule has 96 valence electrons. The van der Waals surface area contributed by atoms with Crippen LogP contribution in [-0.4, -0.2) is 27.1 Å². The van der Waals surface area contributed by atoms with Crippen molar-refractivity contribution in [3.63, 3.8) is 0 Å². The van der Waals surface area contributed by atoms with Crippen LogP contribution in [0.3, 0.4) is 0 Å². The van der Waals surface area contributed by atoms with Gasteiger partial charge in [-0.1, -0.05) is 28.1 Å². The minimum absolute atomic E-state index is 0.184. The molecule has 1 heterocycles. The molecule has 0 aliphatic heterocycles. The number of nitrogens with two attached hydrogens (primary N) is 1. The zero-order chi connectivity index (χ0) is 13.3. The Kier molecular flexibility index (Phi) is 3.58. The van der Waals surface area contributed by atoms with Crippen LogP contribution in [-0.2, 0) is 16.5 Å². The smallest absolute Gasteiger partial charge is 0.320 e. The van der Waals surface area contributed by atoms with Crippen LogP contribution in [0.5, 0.6) is 0 Å². The summed E-state index contributed by atoms with van der Waals surface area (Å²) in [5.41, 5.74) is 7.92. The van der Waals surface area contributed by atoms with Crippen molar-refractivity contribution < 1.29 is 15.1 Å². The third-order valence-corrected chi connectivity index (χ3v) is 3.48. The molecule has 1 unspecified atom stereocenters. The van der Waals surface area contributed by atoms with Gasteiger partial charge >= 0.3 is 5.97 Å². The number of benzene rings is 1. The highest BCUT2D eigenvalue weighted by molar-refractivity contribution is 9.08. The summed E-state index contributed by atoms with van der Waals surface area (Å²) in [7, 11) is 0. The van der Waals surface area contributed by atoms with E-state index < -0.39 is 12.0 Å². The summed E-state index contributed by atoms with van der Waals surface area (Å²) < 4.78 is 1.01. The minimum Gasteiger partial charge on any atom is -0.480 e. The predicted octanol–water partition coefficient (Wildman–Crippen LogP) is 1.73. The van der Waals surface area contributed by atoms with Crippen LogP contribution in [0.1, 0.15) is 11.1 Å². The zero-order valence-corrected chi connectivity index (χ0v) is 11.1. The maximum absolute atomic E-state index is 10.8. The molecule has 18 heavy (non-hydrogen) atoms. The molecule has 0 aliphatic rings. The maximum atomic E-state index is 10.8. The number of carboxylic acid groups (broad SMARTS) is 1. The van der Waals surface area contributed by atoms with Gasteiger partial charge in [-0.2, -0.15) is 4.73 Å². The predicted molar refractivity (Wildman–Crippen MR) is 71.1 cm³/mol. The second kappa shape index (κ2) is 4.99. The lowest BCUT2D eigenvalue weighted by Gasteiger charge is -2.06. The fourth-order valence-electron chi connectivity index (χ4n) is 2.02. The van der Waals surface area contributed by atoms with Gasteiger partial charge in [-0.05, 0) is 17.2 Å². The van der Waals surface area contributed by atoms with Crippen molar-refractivity contribution in [2.75, 3.05) is 0 Å². The summed E-state index contributed by atoms with van der Waals surface area (Å²) in [6, 6.07) is 4.57. The summed E-state index contributed by atoms with van der Waals surface area (Å²) in [5, 5.41) is 20.1. The van der Waals surface area contributed by atoms with Gasteiger partial charge in [0.2, 0.25) is 0 Å². The molecule has 0 fully saturated rings. The Labute approximate surface area is 112 Å². The Morgan fingerprint density at radius 3 is 2.78 bits per heavy atom. The van der Waals surface area contributed by atoms with E-state index in [0.29, 0.717) is 10.8 Å². The Balaban J connectivity index is 2.54. The van der Waals surface area contributed by atoms with Gasteiger partial charge in [-0.15, -0.1) is 0 Å². The quantitative estimate of drug-likeness (QED) is 0.592. The van der Waals surface area contributed by atoms with E-state index in [4.69, 9.17) is 10.8 Å². The second-order valence-electron chi connectivity index (χ2n) is 4.09. The lowest BCUT2D eigenvalue weighted by atomic mass is 10.0. The third-order valence-electron chi connectivity index (χ3n) is 2.88. The second-order valence-corrected chi connectivity index (χ2v) is 4.65. The molecular formula is C12H13BrN2O3. The number of rotatable bonds is 4. The van der Waals surface area contributed by atoms with Gasteiger partial charge in [0.1, 0.15) is 6.04 Å². The highest BCUT2D eigenvalue weighted by Gasteiger charge is 2.18. The Morgan fingerprint density at radius 1 is 1.44 bits per heavy atom. The number of hydrogen-bond acceptors (Lipinski definition) is 3. The van der Waals surface area contributed by atoms with Crippen LogP contribution in [0.2, 0.25) is 0 Å². The van der Waals surface area contributed by atoms with E-state index in [-0.39, 0.29) is 6.42 Å². The summed E-state index contributed by atoms with van der Waals surface area (Å²) in [6.45, 7) is 0. The van der Waals surface area contributed by atoms with Crippen LogP contribution >= 0.6 is 15.9 Å². The van der Waals surface area contributed by atoms with Crippen LogP contribution in [0, 0.1) is 0 Å². The molecule has 1 atom stereocenters. The lowest BCUT2D eigenvalue weighted by molar-refractivity contribution is -0.138. The van der Waals surface area contributed by atoms with Gasteiger partial charge in [0.05, 0.1) is 5.52 Å². The molecule has 1 aromatic heterocycles. The first-order valence-electron chi connectivity index (χ1n) is 5.40. The number of aliphatic carboxylic acids is 1. The molecule has 6 heteroatoms. The molecule has 0 spiro atoms. The summed E-state index contributed by atoms with van der Waals surface area (Å²) in [5.74, 6) is -1.05. The Morgan fingerprint density at radius 2 is 2.17 bits per heavy atom. The molecule has 0 amide bonds. The standard InChI is InChI=1S/C12H13BrN2O3/c13-5-7-2-1-3-10-11(7)8(6-15(10)18)4-9(14)12(16)17/h1-3,6,9,18H,4-5,14H2,(H,16,17). The molecule has 5 nitrogen and oxygen atoms in total. The number of carbonyl (C=O) groups is 1. The van der Waals surface area contributed by atoms with Crippen LogP contribution in [0.15, 0.2) is 24.4 Å². The largest absolute Gasteiger partial charge is 0.480 e. The summed E-state index contributed by atoms with van der Waals surface area (Å²) in [6.07, 6.45) is 1.70. The van der Waals surface area contributed by atoms with Crippen LogP contribution in [0.25, 0.3) is 10.9 Å². The van der Waals surface area contributed by atoms with Crippen LogP contribution < -0.4 is 5.73 Å². The first-order valence-corrected chi connectivity index (χ1v) is 6.52. The van der Waals surface area contributed by atoms with Crippen molar-refractivity contribution >= 4 is 32.8 Å². The number of fused-ring (bicyclic) bond motifs is 1. The van der Waals surface area contributed by atoms with Crippen molar-refractivity contribution in [1.29, 1.82) is 0 Å². The molecule has 0 saturated carbocycles. The van der Waals surface area contributed by atoms with Crippen molar-refractivity contribution in [1.82, 2.24) is 4.73 Å². The number of halogens is 1. The van der Waals surface area contributed by atoms with E-state index in [1.54, 1.807) is 6.07 Å². The average Bonchev–Trinajstić information content (AvgIpc) is 2.66. The SMILES string of the molecule is NC(Cc1cn(O)c2cccc(CBr)c12)C(=O)O. The summed E-state index contributed by atoms with van der Waals surface area (Å²) >= 11 is 3.38. The normalized spacial score (nSPS) is 12.8. The van der Waals surface area contributed by atoms with E-state index in [9.17, 15) is 10.0 Å². The molecule has 0 bridgehead atoms. The van der Waals surface area contributed by atoms with Crippen molar-refractivity contribution in [2.45, 2.75) is 17.8 Å². The average molecular weight is 313 g/mol. The van der Waals surface area contributed by atoms with E-state index in [0.717, 1.165) is 21.2 Å². The number of alkyl halides is 1. The van der Waals surface area contributed by atoms with E-state index in [1.807, 2.05) is 12.1 Å². The molecule has 4 N–H and O–H groups in total. The van der Waals surface area contributed by atoms with Gasteiger partial charge in [-0.25, -0.2) is 0 Å². The van der Waals surface area contributed by atoms with Crippen molar-refractivity contribution in [3.05, 3.63) is 35.5 Å². The highest BCUT2D eigenvalue weighted by atomic mass is 79.9.